The lowest BCUT2D eigenvalue weighted by Gasteiger charge is -2.18. The lowest BCUT2D eigenvalue weighted by molar-refractivity contribution is 0.502. The maximum Gasteiger partial charge on any atom is 0.510 e. The van der Waals surface area contributed by atoms with Crippen LogP contribution in [0, 0.1) is 0 Å². The van der Waals surface area contributed by atoms with Crippen LogP contribution in [0.15, 0.2) is 36.4 Å². The summed E-state index contributed by atoms with van der Waals surface area (Å²) in [4.78, 5) is 0. The van der Waals surface area contributed by atoms with Crippen LogP contribution in [0.4, 0.5) is 12.9 Å². The molecule has 0 radical (unpaired) electrons. The van der Waals surface area contributed by atoms with Gasteiger partial charge in [-0.2, -0.15) is 0 Å². The first-order valence-electron chi connectivity index (χ1n) is 4.94. The highest BCUT2D eigenvalue weighted by molar-refractivity contribution is 6.76. The van der Waals surface area contributed by atoms with Gasteiger partial charge in [0.25, 0.3) is 0 Å². The summed E-state index contributed by atoms with van der Waals surface area (Å²) < 4.78 is 38.4. The lowest BCUT2D eigenvalue weighted by Crippen LogP contribution is -2.34. The van der Waals surface area contributed by atoms with Crippen molar-refractivity contribution in [1.29, 1.82) is 0 Å². The van der Waals surface area contributed by atoms with Crippen molar-refractivity contribution in [3.05, 3.63) is 42.0 Å². The van der Waals surface area contributed by atoms with Crippen molar-refractivity contribution in [3.8, 4) is 0 Å². The van der Waals surface area contributed by atoms with Crippen molar-refractivity contribution >= 4 is 23.2 Å². The van der Waals surface area contributed by atoms with Crippen LogP contribution in [-0.4, -0.2) is 6.98 Å². The standard InChI is InChI=1S/C11H10BF3N/c13-12(14,15)11-6-2-4-9-8(7-16)3-1-5-10(9)11/h1-6H,7,16H2/q-1. The highest BCUT2D eigenvalue weighted by Gasteiger charge is 2.27. The van der Waals surface area contributed by atoms with Crippen molar-refractivity contribution in [2.45, 2.75) is 6.54 Å². The molecule has 0 spiro atoms. The molecule has 0 aliphatic carbocycles. The van der Waals surface area contributed by atoms with Gasteiger partial charge in [-0.1, -0.05) is 36.4 Å². The van der Waals surface area contributed by atoms with Crippen LogP contribution in [-0.2, 0) is 6.54 Å². The Labute approximate surface area is 91.1 Å². The maximum atomic E-state index is 12.8. The van der Waals surface area contributed by atoms with Gasteiger partial charge in [-0.05, 0) is 16.3 Å². The molecular weight excluding hydrogens is 214 g/mol. The molecule has 2 aromatic rings. The molecule has 0 bridgehead atoms. The Hall–Kier alpha value is -1.49. The number of rotatable bonds is 2. The molecule has 84 valence electrons. The topological polar surface area (TPSA) is 26.0 Å². The summed E-state index contributed by atoms with van der Waals surface area (Å²) in [5.41, 5.74) is 5.69. The average molecular weight is 224 g/mol. The summed E-state index contributed by atoms with van der Waals surface area (Å²) in [6.07, 6.45) is 0. The highest BCUT2D eigenvalue weighted by atomic mass is 19.4. The molecule has 0 saturated heterocycles. The molecule has 0 heterocycles. The fourth-order valence-corrected chi connectivity index (χ4v) is 1.86. The van der Waals surface area contributed by atoms with Gasteiger partial charge < -0.3 is 18.7 Å². The number of hydrogen-bond acceptors (Lipinski definition) is 1. The van der Waals surface area contributed by atoms with Crippen LogP contribution in [0.1, 0.15) is 5.56 Å². The summed E-state index contributed by atoms with van der Waals surface area (Å²) in [6.45, 7) is -4.74. The first kappa shape index (κ1) is 11.0. The Morgan fingerprint density at radius 2 is 1.56 bits per heavy atom. The minimum absolute atomic E-state index is 0.234. The molecular formula is C11H10BF3N-. The molecule has 0 aliphatic heterocycles. The second-order valence-corrected chi connectivity index (χ2v) is 3.64. The number of nitrogens with two attached hydrogens (primary N) is 1. The third-order valence-corrected chi connectivity index (χ3v) is 2.62. The zero-order chi connectivity index (χ0) is 11.8. The predicted molar refractivity (Wildman–Crippen MR) is 60.6 cm³/mol. The van der Waals surface area contributed by atoms with Crippen LogP contribution in [0.3, 0.4) is 0 Å². The van der Waals surface area contributed by atoms with Crippen LogP contribution in [0.25, 0.3) is 10.8 Å². The zero-order valence-electron chi connectivity index (χ0n) is 8.46. The second-order valence-electron chi connectivity index (χ2n) is 3.64. The highest BCUT2D eigenvalue weighted by Crippen LogP contribution is 2.21. The monoisotopic (exact) mass is 224 g/mol. The van der Waals surface area contributed by atoms with Crippen molar-refractivity contribution in [3.63, 3.8) is 0 Å². The van der Waals surface area contributed by atoms with Crippen molar-refractivity contribution in [2.75, 3.05) is 0 Å². The molecule has 0 atom stereocenters. The van der Waals surface area contributed by atoms with Gasteiger partial charge in [0.2, 0.25) is 0 Å². The molecule has 0 aromatic heterocycles. The van der Waals surface area contributed by atoms with E-state index in [4.69, 9.17) is 5.73 Å². The minimum Gasteiger partial charge on any atom is -0.445 e. The number of halogens is 3. The molecule has 1 nitrogen and oxygen atoms in total. The first-order valence-corrected chi connectivity index (χ1v) is 4.94. The summed E-state index contributed by atoms with van der Waals surface area (Å²) >= 11 is 0. The van der Waals surface area contributed by atoms with Crippen LogP contribution in [0.5, 0.6) is 0 Å². The van der Waals surface area contributed by atoms with E-state index in [-0.39, 0.29) is 11.9 Å². The second kappa shape index (κ2) is 3.83. The summed E-state index contributed by atoms with van der Waals surface area (Å²) in [6, 6.07) is 9.04. The third-order valence-electron chi connectivity index (χ3n) is 2.62. The molecule has 0 fully saturated rings. The van der Waals surface area contributed by atoms with E-state index < -0.39 is 12.4 Å². The van der Waals surface area contributed by atoms with Gasteiger partial charge >= 0.3 is 6.98 Å². The Balaban J connectivity index is 2.79. The van der Waals surface area contributed by atoms with Crippen molar-refractivity contribution in [2.24, 2.45) is 5.73 Å². The summed E-state index contributed by atoms with van der Waals surface area (Å²) in [5.74, 6) is 0. The first-order chi connectivity index (χ1) is 7.54. The molecule has 0 saturated carbocycles. The Bertz CT molecular complexity index is 522. The van der Waals surface area contributed by atoms with Gasteiger partial charge in [-0.3, -0.25) is 0 Å². The molecule has 2 rings (SSSR count). The fraction of sp³-hybridized carbons (Fsp3) is 0.0909. The normalized spacial score (nSPS) is 12.0. The fourth-order valence-electron chi connectivity index (χ4n) is 1.86. The SMILES string of the molecule is NCc1cccc2c([B-](F)(F)F)cccc12. The van der Waals surface area contributed by atoms with Crippen LogP contribution >= 0.6 is 0 Å². The molecule has 16 heavy (non-hydrogen) atoms. The van der Waals surface area contributed by atoms with E-state index in [1.165, 1.54) is 12.1 Å². The Morgan fingerprint density at radius 1 is 0.938 bits per heavy atom. The molecule has 2 N–H and O–H groups in total. The third kappa shape index (κ3) is 1.78. The Kier molecular flexibility index (Phi) is 2.64. The maximum absolute atomic E-state index is 12.8. The van der Waals surface area contributed by atoms with E-state index >= 15 is 0 Å². The smallest absolute Gasteiger partial charge is 0.445 e. The van der Waals surface area contributed by atoms with Gasteiger partial charge in [0.05, 0.1) is 0 Å². The van der Waals surface area contributed by atoms with Gasteiger partial charge in [0.1, 0.15) is 0 Å². The summed E-state index contributed by atoms with van der Waals surface area (Å²) in [7, 11) is 0. The van der Waals surface area contributed by atoms with Gasteiger partial charge in [0.15, 0.2) is 0 Å². The van der Waals surface area contributed by atoms with E-state index in [0.717, 1.165) is 11.6 Å². The molecule has 5 heteroatoms. The molecule has 0 aliphatic rings. The molecule has 2 aromatic carbocycles. The quantitative estimate of drug-likeness (QED) is 0.778. The van der Waals surface area contributed by atoms with Crippen molar-refractivity contribution < 1.29 is 12.9 Å². The van der Waals surface area contributed by atoms with Gasteiger partial charge in [-0.25, -0.2) is 0 Å². The van der Waals surface area contributed by atoms with E-state index in [9.17, 15) is 12.9 Å². The average Bonchev–Trinajstić information content (AvgIpc) is 2.26. The van der Waals surface area contributed by atoms with E-state index in [1.807, 2.05) is 0 Å². The zero-order valence-corrected chi connectivity index (χ0v) is 8.46. The largest absolute Gasteiger partial charge is 0.510 e. The minimum atomic E-state index is -4.98. The van der Waals surface area contributed by atoms with E-state index in [1.54, 1.807) is 18.2 Å². The lowest BCUT2D eigenvalue weighted by atomic mass is 9.76. The van der Waals surface area contributed by atoms with E-state index in [2.05, 4.69) is 0 Å². The van der Waals surface area contributed by atoms with Gasteiger partial charge in [-0.15, -0.1) is 5.46 Å². The Morgan fingerprint density at radius 3 is 2.19 bits per heavy atom. The van der Waals surface area contributed by atoms with Crippen molar-refractivity contribution in [1.82, 2.24) is 0 Å². The molecule has 0 amide bonds. The number of fused-ring (bicyclic) bond motifs is 1. The van der Waals surface area contributed by atoms with E-state index in [0.29, 0.717) is 5.39 Å². The predicted octanol–water partition coefficient (Wildman–Crippen LogP) is 2.35. The number of benzene rings is 2. The van der Waals surface area contributed by atoms with Crippen LogP contribution < -0.4 is 11.2 Å². The molecule has 0 unspecified atom stereocenters. The van der Waals surface area contributed by atoms with Gasteiger partial charge in [0, 0.05) is 6.54 Å². The number of hydrogen-bond donors (Lipinski definition) is 1. The van der Waals surface area contributed by atoms with Crippen LogP contribution in [0.2, 0.25) is 0 Å². The summed E-state index contributed by atoms with van der Waals surface area (Å²) in [5, 5.41) is 0.819.